The van der Waals surface area contributed by atoms with E-state index >= 15 is 0 Å². The number of piperidine rings is 1. The van der Waals surface area contributed by atoms with Crippen molar-refractivity contribution in [2.45, 2.75) is 30.7 Å². The Kier molecular flexibility index (Phi) is 4.68. The average Bonchev–Trinajstić information content (AvgIpc) is 2.40. The highest BCUT2D eigenvalue weighted by Crippen LogP contribution is 2.27. The van der Waals surface area contributed by atoms with Crippen LogP contribution in [0, 0.1) is 17.2 Å². The minimum Gasteiger partial charge on any atom is -0.284 e. The van der Waals surface area contributed by atoms with Crippen LogP contribution in [0.3, 0.4) is 0 Å². The number of rotatable bonds is 3. The van der Waals surface area contributed by atoms with Crippen LogP contribution in [-0.4, -0.2) is 24.2 Å². The van der Waals surface area contributed by atoms with Crippen LogP contribution in [0.25, 0.3) is 0 Å². The lowest BCUT2D eigenvalue weighted by molar-refractivity contribution is 0.156. The fraction of sp³-hybridized carbons (Fsp3) is 0.533. The third-order valence-corrected chi connectivity index (χ3v) is 4.35. The Labute approximate surface area is 114 Å². The van der Waals surface area contributed by atoms with Gasteiger partial charge in [-0.05, 0) is 49.3 Å². The van der Waals surface area contributed by atoms with Gasteiger partial charge in [0.1, 0.15) is 6.04 Å². The van der Waals surface area contributed by atoms with Crippen molar-refractivity contribution in [1.29, 1.82) is 5.26 Å². The lowest BCUT2D eigenvalue weighted by Gasteiger charge is -2.34. The van der Waals surface area contributed by atoms with Gasteiger partial charge in [-0.1, -0.05) is 19.1 Å². The van der Waals surface area contributed by atoms with E-state index in [0.717, 1.165) is 18.7 Å². The van der Waals surface area contributed by atoms with E-state index in [1.807, 2.05) is 0 Å². The van der Waals surface area contributed by atoms with Crippen LogP contribution in [0.1, 0.15) is 31.4 Å². The van der Waals surface area contributed by atoms with Crippen molar-refractivity contribution in [1.82, 2.24) is 4.90 Å². The first-order valence-corrected chi connectivity index (χ1v) is 7.74. The van der Waals surface area contributed by atoms with E-state index in [2.05, 4.69) is 48.4 Å². The molecule has 1 heterocycles. The average molecular weight is 260 g/mol. The van der Waals surface area contributed by atoms with E-state index in [0.29, 0.717) is 5.92 Å². The molecule has 0 saturated carbocycles. The molecule has 2 atom stereocenters. The maximum Gasteiger partial charge on any atom is 0.123 e. The van der Waals surface area contributed by atoms with E-state index in [-0.39, 0.29) is 6.04 Å². The van der Waals surface area contributed by atoms with Crippen LogP contribution in [0.15, 0.2) is 29.2 Å². The molecule has 0 bridgehead atoms. The topological polar surface area (TPSA) is 27.0 Å². The Morgan fingerprint density at radius 1 is 1.39 bits per heavy atom. The predicted molar refractivity (Wildman–Crippen MR) is 76.5 cm³/mol. The molecule has 18 heavy (non-hydrogen) atoms. The van der Waals surface area contributed by atoms with E-state index in [4.69, 9.17) is 0 Å². The van der Waals surface area contributed by atoms with Crippen molar-refractivity contribution in [2.24, 2.45) is 5.92 Å². The van der Waals surface area contributed by atoms with Gasteiger partial charge in [-0.3, -0.25) is 4.90 Å². The number of nitriles is 1. The summed E-state index contributed by atoms with van der Waals surface area (Å²) >= 11 is 1.74. The number of hydrogen-bond acceptors (Lipinski definition) is 3. The van der Waals surface area contributed by atoms with Crippen molar-refractivity contribution in [3.8, 4) is 6.07 Å². The van der Waals surface area contributed by atoms with Gasteiger partial charge < -0.3 is 0 Å². The molecule has 0 aromatic heterocycles. The molecular weight excluding hydrogens is 240 g/mol. The summed E-state index contributed by atoms with van der Waals surface area (Å²) in [4.78, 5) is 3.57. The standard InChI is InChI=1S/C15H20N2S/c1-12-4-3-9-17(11-12)15(10-16)13-5-7-14(18-2)8-6-13/h5-8,12,15H,3-4,9,11H2,1-2H3. The fourth-order valence-corrected chi connectivity index (χ4v) is 3.02. The van der Waals surface area contributed by atoms with Gasteiger partial charge in [-0.15, -0.1) is 11.8 Å². The Balaban J connectivity index is 2.14. The molecule has 1 aliphatic rings. The lowest BCUT2D eigenvalue weighted by atomic mass is 9.97. The molecule has 0 N–H and O–H groups in total. The third kappa shape index (κ3) is 3.07. The van der Waals surface area contributed by atoms with Crippen LogP contribution in [-0.2, 0) is 0 Å². The highest BCUT2D eigenvalue weighted by Gasteiger charge is 2.24. The van der Waals surface area contributed by atoms with Crippen LogP contribution in [0.4, 0.5) is 0 Å². The zero-order chi connectivity index (χ0) is 13.0. The highest BCUT2D eigenvalue weighted by molar-refractivity contribution is 7.98. The molecule has 1 aromatic rings. The Hall–Kier alpha value is -0.980. The Morgan fingerprint density at radius 2 is 2.11 bits per heavy atom. The summed E-state index contributed by atoms with van der Waals surface area (Å²) in [5.41, 5.74) is 1.13. The monoisotopic (exact) mass is 260 g/mol. The second kappa shape index (κ2) is 6.26. The van der Waals surface area contributed by atoms with Crippen molar-refractivity contribution in [2.75, 3.05) is 19.3 Å². The van der Waals surface area contributed by atoms with Gasteiger partial charge in [0, 0.05) is 11.4 Å². The van der Waals surface area contributed by atoms with Crippen molar-refractivity contribution in [3.05, 3.63) is 29.8 Å². The SMILES string of the molecule is CSc1ccc(C(C#N)N2CCCC(C)C2)cc1. The molecule has 2 unspecified atom stereocenters. The first-order valence-electron chi connectivity index (χ1n) is 6.52. The summed E-state index contributed by atoms with van der Waals surface area (Å²) in [5, 5.41) is 9.45. The maximum absolute atomic E-state index is 9.45. The number of likely N-dealkylation sites (tertiary alicyclic amines) is 1. The molecule has 3 heteroatoms. The molecule has 1 fully saturated rings. The molecule has 0 aliphatic carbocycles. The van der Waals surface area contributed by atoms with Gasteiger partial charge in [0.15, 0.2) is 0 Å². The molecule has 0 amide bonds. The first-order chi connectivity index (χ1) is 8.74. The highest BCUT2D eigenvalue weighted by atomic mass is 32.2. The van der Waals surface area contributed by atoms with E-state index in [1.54, 1.807) is 11.8 Å². The van der Waals surface area contributed by atoms with E-state index < -0.39 is 0 Å². The van der Waals surface area contributed by atoms with Gasteiger partial charge in [0.2, 0.25) is 0 Å². The molecule has 1 aromatic carbocycles. The molecule has 1 aliphatic heterocycles. The summed E-state index contributed by atoms with van der Waals surface area (Å²) in [6, 6.07) is 10.8. The second-order valence-corrected chi connectivity index (χ2v) is 5.93. The molecule has 1 saturated heterocycles. The van der Waals surface area contributed by atoms with Crippen molar-refractivity contribution >= 4 is 11.8 Å². The largest absolute Gasteiger partial charge is 0.284 e. The summed E-state index contributed by atoms with van der Waals surface area (Å²) < 4.78 is 0. The van der Waals surface area contributed by atoms with Gasteiger partial charge in [0.25, 0.3) is 0 Å². The minimum absolute atomic E-state index is 0.0799. The Bertz CT molecular complexity index is 421. The normalized spacial score (nSPS) is 22.4. The molecular formula is C15H20N2S. The minimum atomic E-state index is -0.0799. The van der Waals surface area contributed by atoms with Crippen LogP contribution in [0.5, 0.6) is 0 Å². The van der Waals surface area contributed by atoms with E-state index in [1.165, 1.54) is 17.7 Å². The summed E-state index contributed by atoms with van der Waals surface area (Å²) in [6.07, 6.45) is 4.57. The molecule has 0 spiro atoms. The van der Waals surface area contributed by atoms with Crippen LogP contribution in [0.2, 0.25) is 0 Å². The smallest absolute Gasteiger partial charge is 0.123 e. The van der Waals surface area contributed by atoms with Gasteiger partial charge in [-0.25, -0.2) is 0 Å². The number of benzene rings is 1. The molecule has 2 rings (SSSR count). The Morgan fingerprint density at radius 3 is 2.67 bits per heavy atom. The van der Waals surface area contributed by atoms with Crippen LogP contribution < -0.4 is 0 Å². The zero-order valence-corrected chi connectivity index (χ0v) is 11.9. The maximum atomic E-state index is 9.45. The predicted octanol–water partition coefficient (Wildman–Crippen LogP) is 3.71. The molecule has 0 radical (unpaired) electrons. The van der Waals surface area contributed by atoms with E-state index in [9.17, 15) is 5.26 Å². The van der Waals surface area contributed by atoms with Crippen molar-refractivity contribution < 1.29 is 0 Å². The summed E-state index contributed by atoms with van der Waals surface area (Å²) in [6.45, 7) is 4.37. The lowest BCUT2D eigenvalue weighted by Crippen LogP contribution is -2.36. The third-order valence-electron chi connectivity index (χ3n) is 3.61. The summed E-state index contributed by atoms with van der Waals surface area (Å²) in [7, 11) is 0. The van der Waals surface area contributed by atoms with Crippen LogP contribution >= 0.6 is 11.8 Å². The zero-order valence-electron chi connectivity index (χ0n) is 11.1. The number of nitrogens with zero attached hydrogens (tertiary/aromatic N) is 2. The quantitative estimate of drug-likeness (QED) is 0.775. The second-order valence-electron chi connectivity index (χ2n) is 5.05. The van der Waals surface area contributed by atoms with Gasteiger partial charge in [-0.2, -0.15) is 5.26 Å². The fourth-order valence-electron chi connectivity index (χ4n) is 2.61. The molecule has 96 valence electrons. The van der Waals surface area contributed by atoms with Gasteiger partial charge in [0.05, 0.1) is 6.07 Å². The van der Waals surface area contributed by atoms with Crippen molar-refractivity contribution in [3.63, 3.8) is 0 Å². The number of thioether (sulfide) groups is 1. The number of hydrogen-bond donors (Lipinski definition) is 0. The van der Waals surface area contributed by atoms with Gasteiger partial charge >= 0.3 is 0 Å². The molecule has 2 nitrogen and oxygen atoms in total. The first kappa shape index (κ1) is 13.5. The summed E-state index contributed by atoms with van der Waals surface area (Å²) in [5.74, 6) is 0.708.